The molecular formula is C13H20ClN3OS. The molecule has 1 atom stereocenters. The van der Waals surface area contributed by atoms with E-state index in [0.717, 1.165) is 28.7 Å². The molecule has 0 aliphatic carbocycles. The largest absolute Gasteiger partial charge is 0.340 e. The molecule has 2 rings (SSSR count). The first-order chi connectivity index (χ1) is 9.08. The number of likely N-dealkylation sites (tertiary alicyclic amines) is 1. The Hall–Kier alpha value is -0.620. The third-order valence-electron chi connectivity index (χ3n) is 3.51. The SMILES string of the molecule is CN(Cc1ccc(Cl)s1)C(=O)CN1CCC(CN)C1. The molecule has 1 unspecified atom stereocenters. The van der Waals surface area contributed by atoms with Gasteiger partial charge in [-0.1, -0.05) is 11.6 Å². The zero-order chi connectivity index (χ0) is 13.8. The van der Waals surface area contributed by atoms with E-state index >= 15 is 0 Å². The van der Waals surface area contributed by atoms with Crippen LogP contribution in [-0.2, 0) is 11.3 Å². The van der Waals surface area contributed by atoms with Crippen molar-refractivity contribution in [2.24, 2.45) is 11.7 Å². The van der Waals surface area contributed by atoms with Crippen molar-refractivity contribution in [1.82, 2.24) is 9.80 Å². The van der Waals surface area contributed by atoms with E-state index in [1.165, 1.54) is 11.3 Å². The predicted molar refractivity (Wildman–Crippen MR) is 79.4 cm³/mol. The zero-order valence-electron chi connectivity index (χ0n) is 11.1. The minimum Gasteiger partial charge on any atom is -0.340 e. The monoisotopic (exact) mass is 301 g/mol. The third kappa shape index (κ3) is 4.18. The van der Waals surface area contributed by atoms with Crippen molar-refractivity contribution in [3.8, 4) is 0 Å². The van der Waals surface area contributed by atoms with Gasteiger partial charge in [-0.2, -0.15) is 0 Å². The highest BCUT2D eigenvalue weighted by atomic mass is 35.5. The minimum atomic E-state index is 0.155. The number of hydrogen-bond donors (Lipinski definition) is 1. The molecule has 0 radical (unpaired) electrons. The molecule has 106 valence electrons. The Morgan fingerprint density at radius 2 is 2.42 bits per heavy atom. The molecule has 0 saturated carbocycles. The van der Waals surface area contributed by atoms with Crippen molar-refractivity contribution < 1.29 is 4.79 Å². The zero-order valence-corrected chi connectivity index (χ0v) is 12.7. The molecule has 1 aliphatic rings. The Bertz CT molecular complexity index is 437. The van der Waals surface area contributed by atoms with Crippen molar-refractivity contribution in [2.45, 2.75) is 13.0 Å². The van der Waals surface area contributed by atoms with Gasteiger partial charge >= 0.3 is 0 Å². The maximum absolute atomic E-state index is 12.1. The summed E-state index contributed by atoms with van der Waals surface area (Å²) < 4.78 is 0.765. The number of thiophene rings is 1. The maximum atomic E-state index is 12.1. The molecule has 4 nitrogen and oxygen atoms in total. The van der Waals surface area contributed by atoms with Gasteiger partial charge in [0.2, 0.25) is 5.91 Å². The normalized spacial score (nSPS) is 19.8. The van der Waals surface area contributed by atoms with Gasteiger partial charge in [0.05, 0.1) is 17.4 Å². The van der Waals surface area contributed by atoms with Gasteiger partial charge in [-0.05, 0) is 37.6 Å². The fraction of sp³-hybridized carbons (Fsp3) is 0.615. The number of rotatable bonds is 5. The van der Waals surface area contributed by atoms with Crippen molar-refractivity contribution >= 4 is 28.8 Å². The average Bonchev–Trinajstić information content (AvgIpc) is 2.98. The lowest BCUT2D eigenvalue weighted by Crippen LogP contribution is -2.37. The second-order valence-corrected chi connectivity index (χ2v) is 6.88. The van der Waals surface area contributed by atoms with E-state index < -0.39 is 0 Å². The summed E-state index contributed by atoms with van der Waals surface area (Å²) in [6.07, 6.45) is 1.11. The van der Waals surface area contributed by atoms with Crippen molar-refractivity contribution in [2.75, 3.05) is 33.2 Å². The molecule has 1 fully saturated rings. The molecule has 0 bridgehead atoms. The lowest BCUT2D eigenvalue weighted by Gasteiger charge is -2.21. The van der Waals surface area contributed by atoms with Gasteiger partial charge < -0.3 is 10.6 Å². The Morgan fingerprint density at radius 1 is 1.63 bits per heavy atom. The topological polar surface area (TPSA) is 49.6 Å². The molecule has 2 heterocycles. The number of amides is 1. The number of nitrogens with two attached hydrogens (primary N) is 1. The van der Waals surface area contributed by atoms with Crippen LogP contribution in [0.2, 0.25) is 4.34 Å². The molecule has 19 heavy (non-hydrogen) atoms. The van der Waals surface area contributed by atoms with Gasteiger partial charge in [0.15, 0.2) is 0 Å². The van der Waals surface area contributed by atoms with Crippen LogP contribution in [0.15, 0.2) is 12.1 Å². The molecule has 1 saturated heterocycles. The molecular weight excluding hydrogens is 282 g/mol. The first kappa shape index (κ1) is 14.8. The van der Waals surface area contributed by atoms with Gasteiger partial charge in [-0.15, -0.1) is 11.3 Å². The highest BCUT2D eigenvalue weighted by molar-refractivity contribution is 7.16. The number of nitrogens with zero attached hydrogens (tertiary/aromatic N) is 2. The highest BCUT2D eigenvalue weighted by Crippen LogP contribution is 2.22. The lowest BCUT2D eigenvalue weighted by atomic mass is 10.1. The molecule has 1 aromatic heterocycles. The maximum Gasteiger partial charge on any atom is 0.236 e. The van der Waals surface area contributed by atoms with E-state index in [2.05, 4.69) is 4.90 Å². The molecule has 0 aromatic carbocycles. The summed E-state index contributed by atoms with van der Waals surface area (Å²) >= 11 is 7.41. The van der Waals surface area contributed by atoms with Crippen LogP contribution in [0.1, 0.15) is 11.3 Å². The quantitative estimate of drug-likeness (QED) is 0.899. The fourth-order valence-electron chi connectivity index (χ4n) is 2.32. The summed E-state index contributed by atoms with van der Waals surface area (Å²) in [4.78, 5) is 17.2. The fourth-order valence-corrected chi connectivity index (χ4v) is 3.46. The summed E-state index contributed by atoms with van der Waals surface area (Å²) in [5, 5.41) is 0. The van der Waals surface area contributed by atoms with Gasteiger partial charge in [0, 0.05) is 18.5 Å². The van der Waals surface area contributed by atoms with E-state index in [4.69, 9.17) is 17.3 Å². The van der Waals surface area contributed by atoms with Gasteiger partial charge in [-0.3, -0.25) is 9.69 Å². The van der Waals surface area contributed by atoms with Crippen LogP contribution in [0.25, 0.3) is 0 Å². The van der Waals surface area contributed by atoms with E-state index in [-0.39, 0.29) is 5.91 Å². The number of likely N-dealkylation sites (N-methyl/N-ethyl adjacent to an activating group) is 1. The summed E-state index contributed by atoms with van der Waals surface area (Å²) in [5.41, 5.74) is 5.66. The van der Waals surface area contributed by atoms with Crippen LogP contribution in [-0.4, -0.2) is 48.9 Å². The van der Waals surface area contributed by atoms with Gasteiger partial charge in [0.1, 0.15) is 0 Å². The number of carbonyl (C=O) groups is 1. The van der Waals surface area contributed by atoms with E-state index in [9.17, 15) is 4.79 Å². The second-order valence-electron chi connectivity index (χ2n) is 5.08. The van der Waals surface area contributed by atoms with Crippen LogP contribution in [0.3, 0.4) is 0 Å². The minimum absolute atomic E-state index is 0.155. The van der Waals surface area contributed by atoms with Crippen LogP contribution < -0.4 is 5.73 Å². The summed E-state index contributed by atoms with van der Waals surface area (Å²) in [6, 6.07) is 3.84. The molecule has 0 spiro atoms. The Balaban J connectivity index is 1.79. The van der Waals surface area contributed by atoms with E-state index in [1.54, 1.807) is 4.90 Å². The highest BCUT2D eigenvalue weighted by Gasteiger charge is 2.24. The summed E-state index contributed by atoms with van der Waals surface area (Å²) in [6.45, 7) is 3.76. The van der Waals surface area contributed by atoms with Crippen molar-refractivity contribution in [3.63, 3.8) is 0 Å². The van der Waals surface area contributed by atoms with Gasteiger partial charge in [-0.25, -0.2) is 0 Å². The first-order valence-electron chi connectivity index (χ1n) is 6.49. The Labute approximate surface area is 123 Å². The van der Waals surface area contributed by atoms with Crippen molar-refractivity contribution in [1.29, 1.82) is 0 Å². The van der Waals surface area contributed by atoms with Crippen LogP contribution in [0, 0.1) is 5.92 Å². The smallest absolute Gasteiger partial charge is 0.236 e. The predicted octanol–water partition coefficient (Wildman–Crippen LogP) is 1.64. The van der Waals surface area contributed by atoms with Gasteiger partial charge in [0.25, 0.3) is 0 Å². The second kappa shape index (κ2) is 6.70. The third-order valence-corrected chi connectivity index (χ3v) is 4.73. The standard InChI is InChI=1S/C13H20ClN3OS/c1-16(8-11-2-3-12(14)19-11)13(18)9-17-5-4-10(6-15)7-17/h2-3,10H,4-9,15H2,1H3. The summed E-state index contributed by atoms with van der Waals surface area (Å²) in [5.74, 6) is 0.705. The number of carbonyl (C=O) groups excluding carboxylic acids is 1. The van der Waals surface area contributed by atoms with Crippen LogP contribution in [0.5, 0.6) is 0 Å². The molecule has 1 aromatic rings. The first-order valence-corrected chi connectivity index (χ1v) is 7.68. The van der Waals surface area contributed by atoms with E-state index in [1.807, 2.05) is 19.2 Å². The summed E-state index contributed by atoms with van der Waals surface area (Å²) in [7, 11) is 1.84. The number of hydrogen-bond acceptors (Lipinski definition) is 4. The lowest BCUT2D eigenvalue weighted by molar-refractivity contribution is -0.131. The van der Waals surface area contributed by atoms with Crippen LogP contribution in [0.4, 0.5) is 0 Å². The molecule has 1 amide bonds. The Kier molecular flexibility index (Phi) is 5.21. The Morgan fingerprint density at radius 3 is 3.00 bits per heavy atom. The van der Waals surface area contributed by atoms with Crippen molar-refractivity contribution in [3.05, 3.63) is 21.3 Å². The molecule has 2 N–H and O–H groups in total. The van der Waals surface area contributed by atoms with Crippen LogP contribution >= 0.6 is 22.9 Å². The molecule has 6 heteroatoms. The van der Waals surface area contributed by atoms with E-state index in [0.29, 0.717) is 25.6 Å². The average molecular weight is 302 g/mol. The molecule has 1 aliphatic heterocycles. The number of halogens is 1.